The molecule has 0 radical (unpaired) electrons. The Morgan fingerprint density at radius 2 is 1.80 bits per heavy atom. The summed E-state index contributed by atoms with van der Waals surface area (Å²) in [5.74, 6) is -0.0987. The van der Waals surface area contributed by atoms with E-state index in [9.17, 15) is 4.39 Å². The maximum absolute atomic E-state index is 12.8. The fourth-order valence-corrected chi connectivity index (χ4v) is 1.90. The van der Waals surface area contributed by atoms with Crippen LogP contribution in [0, 0.1) is 11.7 Å². The van der Waals surface area contributed by atoms with Gasteiger partial charge in [0.15, 0.2) is 0 Å². The van der Waals surface area contributed by atoms with Gasteiger partial charge >= 0.3 is 0 Å². The molecule has 0 saturated carbocycles. The van der Waals surface area contributed by atoms with Crippen LogP contribution in [0.5, 0.6) is 0 Å². The fourth-order valence-electron chi connectivity index (χ4n) is 1.90. The Morgan fingerprint density at radius 3 is 2.20 bits per heavy atom. The van der Waals surface area contributed by atoms with Crippen molar-refractivity contribution in [1.29, 1.82) is 0 Å². The van der Waals surface area contributed by atoms with E-state index in [4.69, 9.17) is 5.11 Å². The first-order valence-corrected chi connectivity index (χ1v) is 5.09. The lowest BCUT2D eigenvalue weighted by atomic mass is 9.94. The lowest BCUT2D eigenvalue weighted by molar-refractivity contribution is 0.145. The average Bonchev–Trinajstić information content (AvgIpc) is 2.20. The Balaban J connectivity index is 2.94. The summed E-state index contributed by atoms with van der Waals surface area (Å²) in [4.78, 5) is 2.04. The van der Waals surface area contributed by atoms with Crippen molar-refractivity contribution in [3.05, 3.63) is 35.6 Å². The summed E-state index contributed by atoms with van der Waals surface area (Å²) in [5, 5.41) is 9.17. The van der Waals surface area contributed by atoms with Gasteiger partial charge in [0.2, 0.25) is 0 Å². The van der Waals surface area contributed by atoms with Gasteiger partial charge in [-0.05, 0) is 37.7 Å². The number of halogens is 1. The fraction of sp³-hybridized carbons (Fsp3) is 0.500. The molecule has 2 atom stereocenters. The van der Waals surface area contributed by atoms with Crippen molar-refractivity contribution in [2.75, 3.05) is 20.7 Å². The molecule has 0 fully saturated rings. The van der Waals surface area contributed by atoms with Crippen molar-refractivity contribution in [2.45, 2.75) is 13.0 Å². The topological polar surface area (TPSA) is 23.5 Å². The number of nitrogens with zero attached hydrogens (tertiary/aromatic N) is 1. The molecule has 0 saturated heterocycles. The highest BCUT2D eigenvalue weighted by atomic mass is 19.1. The van der Waals surface area contributed by atoms with Gasteiger partial charge in [0.25, 0.3) is 0 Å². The third-order valence-corrected chi connectivity index (χ3v) is 2.59. The number of hydrogen-bond acceptors (Lipinski definition) is 2. The molecule has 1 rings (SSSR count). The largest absolute Gasteiger partial charge is 0.396 e. The zero-order valence-electron chi connectivity index (χ0n) is 9.44. The van der Waals surface area contributed by atoms with Gasteiger partial charge in [-0.15, -0.1) is 0 Å². The molecule has 0 aliphatic carbocycles. The highest BCUT2D eigenvalue weighted by molar-refractivity contribution is 5.20. The van der Waals surface area contributed by atoms with Crippen LogP contribution in [-0.4, -0.2) is 30.7 Å². The first kappa shape index (κ1) is 12.1. The monoisotopic (exact) mass is 211 g/mol. The van der Waals surface area contributed by atoms with Crippen molar-refractivity contribution in [2.24, 2.45) is 5.92 Å². The van der Waals surface area contributed by atoms with Crippen molar-refractivity contribution >= 4 is 0 Å². The van der Waals surface area contributed by atoms with Crippen molar-refractivity contribution < 1.29 is 9.50 Å². The van der Waals surface area contributed by atoms with Crippen LogP contribution in [0.25, 0.3) is 0 Å². The van der Waals surface area contributed by atoms with Crippen LogP contribution < -0.4 is 0 Å². The molecule has 0 aliphatic rings. The summed E-state index contributed by atoms with van der Waals surface area (Å²) in [6.07, 6.45) is 0. The smallest absolute Gasteiger partial charge is 0.123 e. The molecule has 1 aromatic carbocycles. The number of aliphatic hydroxyl groups excluding tert-OH is 1. The summed E-state index contributed by atoms with van der Waals surface area (Å²) in [5.41, 5.74) is 1.03. The summed E-state index contributed by atoms with van der Waals surface area (Å²) < 4.78 is 12.8. The SMILES string of the molecule is CC(CO)C(c1ccc(F)cc1)N(C)C. The van der Waals surface area contributed by atoms with E-state index in [1.807, 2.05) is 25.9 Å². The number of hydrogen-bond donors (Lipinski definition) is 1. The van der Waals surface area contributed by atoms with Gasteiger partial charge in [0.1, 0.15) is 5.82 Å². The zero-order chi connectivity index (χ0) is 11.4. The Bertz CT molecular complexity index is 297. The minimum absolute atomic E-state index is 0.121. The van der Waals surface area contributed by atoms with E-state index in [1.54, 1.807) is 12.1 Å². The van der Waals surface area contributed by atoms with E-state index < -0.39 is 0 Å². The molecule has 0 amide bonds. The van der Waals surface area contributed by atoms with Crippen molar-refractivity contribution in [1.82, 2.24) is 4.90 Å². The van der Waals surface area contributed by atoms with Gasteiger partial charge in [0.05, 0.1) is 0 Å². The molecule has 1 N–H and O–H groups in total. The number of aliphatic hydroxyl groups is 1. The van der Waals surface area contributed by atoms with E-state index in [-0.39, 0.29) is 24.4 Å². The van der Waals surface area contributed by atoms with Crippen LogP contribution in [-0.2, 0) is 0 Å². The maximum Gasteiger partial charge on any atom is 0.123 e. The van der Waals surface area contributed by atoms with Gasteiger partial charge < -0.3 is 10.0 Å². The van der Waals surface area contributed by atoms with Gasteiger partial charge in [-0.3, -0.25) is 0 Å². The number of rotatable bonds is 4. The first-order valence-electron chi connectivity index (χ1n) is 5.09. The molecule has 0 spiro atoms. The standard InChI is InChI=1S/C12H18FNO/c1-9(8-15)12(14(2)3)10-4-6-11(13)7-5-10/h4-7,9,12,15H,8H2,1-3H3. The average molecular weight is 211 g/mol. The molecule has 2 unspecified atom stereocenters. The minimum atomic E-state index is -0.229. The summed E-state index contributed by atoms with van der Waals surface area (Å²) >= 11 is 0. The van der Waals surface area contributed by atoms with Gasteiger partial charge in [-0.1, -0.05) is 19.1 Å². The van der Waals surface area contributed by atoms with Crippen molar-refractivity contribution in [3.63, 3.8) is 0 Å². The Hall–Kier alpha value is -0.930. The van der Waals surface area contributed by atoms with E-state index in [2.05, 4.69) is 0 Å². The quantitative estimate of drug-likeness (QED) is 0.824. The van der Waals surface area contributed by atoms with Gasteiger partial charge in [0, 0.05) is 12.6 Å². The lowest BCUT2D eigenvalue weighted by Gasteiger charge is -2.29. The molecule has 84 valence electrons. The van der Waals surface area contributed by atoms with E-state index in [0.717, 1.165) is 5.56 Å². The van der Waals surface area contributed by atoms with Crippen LogP contribution in [0.1, 0.15) is 18.5 Å². The summed E-state index contributed by atoms with van der Waals surface area (Å²) in [6.45, 7) is 2.11. The maximum atomic E-state index is 12.8. The van der Waals surface area contributed by atoms with E-state index in [1.165, 1.54) is 12.1 Å². The predicted molar refractivity (Wildman–Crippen MR) is 59.1 cm³/mol. The highest BCUT2D eigenvalue weighted by Gasteiger charge is 2.20. The Labute approximate surface area is 90.3 Å². The highest BCUT2D eigenvalue weighted by Crippen LogP contribution is 2.26. The molecule has 0 aromatic heterocycles. The predicted octanol–water partition coefficient (Wildman–Crippen LogP) is 2.06. The van der Waals surface area contributed by atoms with Crippen LogP contribution >= 0.6 is 0 Å². The zero-order valence-corrected chi connectivity index (χ0v) is 9.44. The second-order valence-corrected chi connectivity index (χ2v) is 4.12. The second kappa shape index (κ2) is 5.24. The van der Waals surface area contributed by atoms with Crippen LogP contribution in [0.2, 0.25) is 0 Å². The van der Waals surface area contributed by atoms with E-state index >= 15 is 0 Å². The molecular weight excluding hydrogens is 193 g/mol. The molecular formula is C12H18FNO. The molecule has 0 aliphatic heterocycles. The molecule has 0 heterocycles. The first-order chi connectivity index (χ1) is 7.06. The van der Waals surface area contributed by atoms with Gasteiger partial charge in [-0.25, -0.2) is 4.39 Å². The van der Waals surface area contributed by atoms with Crippen molar-refractivity contribution in [3.8, 4) is 0 Å². The molecule has 3 heteroatoms. The van der Waals surface area contributed by atoms with Gasteiger partial charge in [-0.2, -0.15) is 0 Å². The Morgan fingerprint density at radius 1 is 1.27 bits per heavy atom. The van der Waals surface area contributed by atoms with Crippen LogP contribution in [0.3, 0.4) is 0 Å². The third kappa shape index (κ3) is 3.01. The second-order valence-electron chi connectivity index (χ2n) is 4.12. The Kier molecular flexibility index (Phi) is 4.24. The van der Waals surface area contributed by atoms with Crippen LogP contribution in [0.15, 0.2) is 24.3 Å². The molecule has 0 bridgehead atoms. The van der Waals surface area contributed by atoms with E-state index in [0.29, 0.717) is 0 Å². The molecule has 2 nitrogen and oxygen atoms in total. The minimum Gasteiger partial charge on any atom is -0.396 e. The summed E-state index contributed by atoms with van der Waals surface area (Å²) in [7, 11) is 3.92. The number of benzene rings is 1. The summed E-state index contributed by atoms with van der Waals surface area (Å²) in [6, 6.07) is 6.57. The third-order valence-electron chi connectivity index (χ3n) is 2.59. The normalized spacial score (nSPS) is 15.3. The lowest BCUT2D eigenvalue weighted by Crippen LogP contribution is -2.27. The molecule has 15 heavy (non-hydrogen) atoms. The molecule has 1 aromatic rings. The van der Waals surface area contributed by atoms with Crippen LogP contribution in [0.4, 0.5) is 4.39 Å².